The van der Waals surface area contributed by atoms with E-state index in [2.05, 4.69) is 15.5 Å². The Morgan fingerprint density at radius 1 is 1.12 bits per heavy atom. The first-order valence-corrected chi connectivity index (χ1v) is 8.33. The van der Waals surface area contributed by atoms with Crippen LogP contribution in [0.3, 0.4) is 0 Å². The van der Waals surface area contributed by atoms with E-state index in [1.54, 1.807) is 18.3 Å². The SMILES string of the molecule is CCCC(C(=O)Nc1ccc(-c2cn[nH]c2)cc1)c1ccc(F)cc1. The van der Waals surface area contributed by atoms with Crippen molar-refractivity contribution < 1.29 is 9.18 Å². The van der Waals surface area contributed by atoms with Gasteiger partial charge in [-0.2, -0.15) is 5.10 Å². The number of amides is 1. The number of carbonyl (C=O) groups is 1. The molecule has 1 aromatic heterocycles. The van der Waals surface area contributed by atoms with Crippen LogP contribution >= 0.6 is 0 Å². The third-order valence-electron chi connectivity index (χ3n) is 4.15. The minimum absolute atomic E-state index is 0.0791. The van der Waals surface area contributed by atoms with Gasteiger partial charge in [0.2, 0.25) is 5.91 Å². The topological polar surface area (TPSA) is 57.8 Å². The standard InChI is InChI=1S/C20H20FN3O/c1-2-3-19(15-4-8-17(21)9-5-15)20(25)24-18-10-6-14(7-11-18)16-12-22-23-13-16/h4-13,19H,2-3H2,1H3,(H,22,23)(H,24,25). The maximum Gasteiger partial charge on any atom is 0.231 e. The molecule has 0 saturated carbocycles. The Labute approximate surface area is 146 Å². The number of hydrogen-bond donors (Lipinski definition) is 2. The summed E-state index contributed by atoms with van der Waals surface area (Å²) in [6.45, 7) is 2.03. The van der Waals surface area contributed by atoms with Gasteiger partial charge in [0.05, 0.1) is 12.1 Å². The summed E-state index contributed by atoms with van der Waals surface area (Å²) in [5, 5.41) is 9.67. The molecule has 25 heavy (non-hydrogen) atoms. The number of nitrogens with zero attached hydrogens (tertiary/aromatic N) is 1. The molecule has 0 saturated heterocycles. The first-order valence-electron chi connectivity index (χ1n) is 8.33. The van der Waals surface area contributed by atoms with Crippen molar-refractivity contribution in [1.82, 2.24) is 10.2 Å². The Bertz CT molecular complexity index is 811. The average molecular weight is 337 g/mol. The van der Waals surface area contributed by atoms with Gasteiger partial charge in [-0.15, -0.1) is 0 Å². The number of benzene rings is 2. The molecule has 0 spiro atoms. The molecule has 3 aromatic rings. The van der Waals surface area contributed by atoms with Gasteiger partial charge >= 0.3 is 0 Å². The van der Waals surface area contributed by atoms with Crippen LogP contribution in [0.4, 0.5) is 10.1 Å². The fourth-order valence-electron chi connectivity index (χ4n) is 2.82. The maximum atomic E-state index is 13.1. The lowest BCUT2D eigenvalue weighted by Gasteiger charge is -2.17. The minimum Gasteiger partial charge on any atom is -0.326 e. The number of carbonyl (C=O) groups excluding carboxylic acids is 1. The second-order valence-corrected chi connectivity index (χ2v) is 5.95. The zero-order valence-corrected chi connectivity index (χ0v) is 14.0. The van der Waals surface area contributed by atoms with Crippen molar-refractivity contribution in [2.24, 2.45) is 0 Å². The first-order chi connectivity index (χ1) is 12.2. The van der Waals surface area contributed by atoms with Crippen molar-refractivity contribution in [1.29, 1.82) is 0 Å². The summed E-state index contributed by atoms with van der Waals surface area (Å²) in [4.78, 5) is 12.7. The van der Waals surface area contributed by atoms with Crippen LogP contribution in [0.15, 0.2) is 60.9 Å². The minimum atomic E-state index is -0.297. The summed E-state index contributed by atoms with van der Waals surface area (Å²) < 4.78 is 13.1. The number of nitrogens with one attached hydrogen (secondary N) is 2. The van der Waals surface area contributed by atoms with Gasteiger partial charge in [0.15, 0.2) is 0 Å². The highest BCUT2D eigenvalue weighted by Crippen LogP contribution is 2.25. The number of aromatic nitrogens is 2. The van der Waals surface area contributed by atoms with Crippen LogP contribution < -0.4 is 5.32 Å². The zero-order valence-electron chi connectivity index (χ0n) is 14.0. The Balaban J connectivity index is 1.73. The monoisotopic (exact) mass is 337 g/mol. The van der Waals surface area contributed by atoms with Crippen LogP contribution in [0, 0.1) is 5.82 Å². The molecule has 0 aliphatic carbocycles. The number of rotatable bonds is 6. The predicted molar refractivity (Wildman–Crippen MR) is 96.7 cm³/mol. The molecular weight excluding hydrogens is 317 g/mol. The Morgan fingerprint density at radius 3 is 2.44 bits per heavy atom. The fraction of sp³-hybridized carbons (Fsp3) is 0.200. The summed E-state index contributed by atoms with van der Waals surface area (Å²) >= 11 is 0. The molecule has 2 aromatic carbocycles. The lowest BCUT2D eigenvalue weighted by atomic mass is 9.93. The number of anilines is 1. The molecular formula is C20H20FN3O. The summed E-state index contributed by atoms with van der Waals surface area (Å²) in [5.41, 5.74) is 3.58. The third-order valence-corrected chi connectivity index (χ3v) is 4.15. The van der Waals surface area contributed by atoms with Crippen LogP contribution in [0.1, 0.15) is 31.2 Å². The number of H-pyrrole nitrogens is 1. The van der Waals surface area contributed by atoms with Gasteiger partial charge in [-0.05, 0) is 41.8 Å². The van der Waals surface area contributed by atoms with Crippen LogP contribution in [0.2, 0.25) is 0 Å². The molecule has 128 valence electrons. The number of hydrogen-bond acceptors (Lipinski definition) is 2. The van der Waals surface area contributed by atoms with Gasteiger partial charge < -0.3 is 5.32 Å². The van der Waals surface area contributed by atoms with Crippen LogP contribution in [-0.2, 0) is 4.79 Å². The van der Waals surface area contributed by atoms with Crippen LogP contribution in [0.5, 0.6) is 0 Å². The highest BCUT2D eigenvalue weighted by atomic mass is 19.1. The molecule has 1 unspecified atom stereocenters. The van der Waals surface area contributed by atoms with Crippen molar-refractivity contribution in [2.45, 2.75) is 25.7 Å². The Morgan fingerprint density at radius 2 is 1.84 bits per heavy atom. The molecule has 2 N–H and O–H groups in total. The predicted octanol–water partition coefficient (Wildman–Crippen LogP) is 4.74. The van der Waals surface area contributed by atoms with Crippen LogP contribution in [0.25, 0.3) is 11.1 Å². The molecule has 0 radical (unpaired) electrons. The molecule has 1 atom stereocenters. The highest BCUT2D eigenvalue weighted by molar-refractivity contribution is 5.96. The summed E-state index contributed by atoms with van der Waals surface area (Å²) in [6, 6.07) is 13.8. The van der Waals surface area contributed by atoms with E-state index < -0.39 is 0 Å². The average Bonchev–Trinajstić information content (AvgIpc) is 3.16. The molecule has 4 nitrogen and oxygen atoms in total. The zero-order chi connectivity index (χ0) is 17.6. The third kappa shape index (κ3) is 4.12. The van der Waals surface area contributed by atoms with Gasteiger partial charge in [-0.1, -0.05) is 37.6 Å². The molecule has 0 aliphatic rings. The fourth-order valence-corrected chi connectivity index (χ4v) is 2.82. The van der Waals surface area contributed by atoms with E-state index in [0.717, 1.165) is 28.8 Å². The normalized spacial score (nSPS) is 11.9. The van der Waals surface area contributed by atoms with E-state index in [1.807, 2.05) is 37.4 Å². The smallest absolute Gasteiger partial charge is 0.231 e. The molecule has 0 aliphatic heterocycles. The quantitative estimate of drug-likeness (QED) is 0.682. The van der Waals surface area contributed by atoms with Gasteiger partial charge in [-0.3, -0.25) is 9.89 Å². The van der Waals surface area contributed by atoms with E-state index in [0.29, 0.717) is 6.42 Å². The lowest BCUT2D eigenvalue weighted by Crippen LogP contribution is -2.21. The molecule has 0 bridgehead atoms. The Hall–Kier alpha value is -2.95. The van der Waals surface area contributed by atoms with Gasteiger partial charge in [0, 0.05) is 17.4 Å². The van der Waals surface area contributed by atoms with E-state index >= 15 is 0 Å². The van der Waals surface area contributed by atoms with Crippen molar-refractivity contribution in [3.63, 3.8) is 0 Å². The number of aromatic amines is 1. The summed E-state index contributed by atoms with van der Waals surface area (Å²) in [6.07, 6.45) is 5.15. The summed E-state index contributed by atoms with van der Waals surface area (Å²) in [5.74, 6) is -0.669. The maximum absolute atomic E-state index is 13.1. The van der Waals surface area contributed by atoms with Crippen molar-refractivity contribution in [3.05, 3.63) is 72.3 Å². The van der Waals surface area contributed by atoms with Crippen molar-refractivity contribution in [2.75, 3.05) is 5.32 Å². The Kier molecular flexibility index (Phi) is 5.23. The van der Waals surface area contributed by atoms with Gasteiger partial charge in [0.25, 0.3) is 0 Å². The highest BCUT2D eigenvalue weighted by Gasteiger charge is 2.20. The van der Waals surface area contributed by atoms with E-state index in [9.17, 15) is 9.18 Å². The number of halogens is 1. The first kappa shape index (κ1) is 16.9. The van der Waals surface area contributed by atoms with E-state index in [4.69, 9.17) is 0 Å². The van der Waals surface area contributed by atoms with Gasteiger partial charge in [-0.25, -0.2) is 4.39 Å². The molecule has 0 fully saturated rings. The lowest BCUT2D eigenvalue weighted by molar-refractivity contribution is -0.117. The molecule has 1 amide bonds. The van der Waals surface area contributed by atoms with E-state index in [1.165, 1.54) is 12.1 Å². The molecule has 3 rings (SSSR count). The molecule has 1 heterocycles. The van der Waals surface area contributed by atoms with Crippen molar-refractivity contribution in [3.8, 4) is 11.1 Å². The molecule has 5 heteroatoms. The van der Waals surface area contributed by atoms with Crippen LogP contribution in [-0.4, -0.2) is 16.1 Å². The summed E-state index contributed by atoms with van der Waals surface area (Å²) in [7, 11) is 0. The second kappa shape index (κ2) is 7.75. The van der Waals surface area contributed by atoms with Crippen molar-refractivity contribution >= 4 is 11.6 Å². The largest absolute Gasteiger partial charge is 0.326 e. The second-order valence-electron chi connectivity index (χ2n) is 5.95. The van der Waals surface area contributed by atoms with Gasteiger partial charge in [0.1, 0.15) is 5.82 Å². The van der Waals surface area contributed by atoms with E-state index in [-0.39, 0.29) is 17.6 Å².